The Kier molecular flexibility index (Phi) is 2.24. The second-order valence-corrected chi connectivity index (χ2v) is 2.93. The van der Waals surface area contributed by atoms with Gasteiger partial charge in [0.2, 0.25) is 5.91 Å². The molecule has 1 aliphatic rings. The van der Waals surface area contributed by atoms with E-state index < -0.39 is 0 Å². The van der Waals surface area contributed by atoms with Crippen molar-refractivity contribution in [2.45, 2.75) is 13.0 Å². The van der Waals surface area contributed by atoms with Crippen molar-refractivity contribution in [3.05, 3.63) is 0 Å². The van der Waals surface area contributed by atoms with Gasteiger partial charge in [-0.1, -0.05) is 0 Å². The number of amides is 1. The van der Waals surface area contributed by atoms with Gasteiger partial charge in [0.15, 0.2) is 5.78 Å². The molecule has 0 spiro atoms. The highest BCUT2D eigenvalue weighted by Gasteiger charge is 2.24. The lowest BCUT2D eigenvalue weighted by Gasteiger charge is -2.28. The van der Waals surface area contributed by atoms with E-state index in [2.05, 4.69) is 5.32 Å². The maximum absolute atomic E-state index is 10.9. The summed E-state index contributed by atoms with van der Waals surface area (Å²) in [4.78, 5) is 23.6. The van der Waals surface area contributed by atoms with Crippen molar-refractivity contribution < 1.29 is 9.59 Å². The minimum absolute atomic E-state index is 0.0184. The minimum atomic E-state index is -0.304. The average Bonchev–Trinajstić information content (AvgIpc) is 1.85. The summed E-state index contributed by atoms with van der Waals surface area (Å²) in [5.74, 6) is -0.0520. The van der Waals surface area contributed by atoms with E-state index in [1.165, 1.54) is 6.92 Å². The number of piperazine rings is 1. The van der Waals surface area contributed by atoms with Crippen LogP contribution in [0.1, 0.15) is 6.92 Å². The first-order chi connectivity index (χ1) is 5.09. The predicted molar refractivity (Wildman–Crippen MR) is 40.1 cm³/mol. The number of nitrogens with zero attached hydrogens (tertiary/aromatic N) is 1. The first-order valence-electron chi connectivity index (χ1n) is 3.58. The van der Waals surface area contributed by atoms with Crippen LogP contribution in [0.2, 0.25) is 0 Å². The molecule has 0 aliphatic carbocycles. The standard InChI is InChI=1S/C7H12N2O2/c1-5(10)6-3-9(2)4-7(11)8-6/h6H,3-4H2,1-2H3,(H,8,11)/t6-/m0/s1. The molecule has 1 amide bonds. The zero-order valence-electron chi connectivity index (χ0n) is 6.76. The summed E-state index contributed by atoms with van der Waals surface area (Å²) in [6.07, 6.45) is 0. The van der Waals surface area contributed by atoms with Crippen molar-refractivity contribution in [3.8, 4) is 0 Å². The maximum atomic E-state index is 10.9. The third kappa shape index (κ3) is 2.01. The molecule has 1 fully saturated rings. The number of carbonyl (C=O) groups is 2. The van der Waals surface area contributed by atoms with Gasteiger partial charge in [0, 0.05) is 6.54 Å². The predicted octanol–water partition coefficient (Wildman–Crippen LogP) is -0.994. The number of Topliss-reactive ketones (excluding diaryl/α,β-unsaturated/α-hetero) is 1. The summed E-state index contributed by atoms with van der Waals surface area (Å²) in [6, 6.07) is -0.304. The number of ketones is 1. The average molecular weight is 156 g/mol. The fourth-order valence-corrected chi connectivity index (χ4v) is 1.14. The van der Waals surface area contributed by atoms with Gasteiger partial charge in [0.25, 0.3) is 0 Å². The zero-order chi connectivity index (χ0) is 8.43. The van der Waals surface area contributed by atoms with Crippen LogP contribution in [0.4, 0.5) is 0 Å². The Labute approximate surface area is 65.6 Å². The summed E-state index contributed by atoms with van der Waals surface area (Å²) in [6.45, 7) is 2.51. The summed E-state index contributed by atoms with van der Waals surface area (Å²) in [5.41, 5.74) is 0. The van der Waals surface area contributed by atoms with E-state index in [0.29, 0.717) is 13.1 Å². The highest BCUT2D eigenvalue weighted by molar-refractivity contribution is 5.89. The molecule has 4 heteroatoms. The minimum Gasteiger partial charge on any atom is -0.344 e. The van der Waals surface area contributed by atoms with E-state index in [9.17, 15) is 9.59 Å². The maximum Gasteiger partial charge on any atom is 0.234 e. The Morgan fingerprint density at radius 2 is 2.36 bits per heavy atom. The van der Waals surface area contributed by atoms with Crippen LogP contribution in [0.15, 0.2) is 0 Å². The Balaban J connectivity index is 2.56. The molecule has 0 unspecified atom stereocenters. The molecule has 0 bridgehead atoms. The molecule has 0 aromatic heterocycles. The molecule has 4 nitrogen and oxygen atoms in total. The van der Waals surface area contributed by atoms with Crippen LogP contribution in [0.3, 0.4) is 0 Å². The molecule has 62 valence electrons. The van der Waals surface area contributed by atoms with E-state index in [1.54, 1.807) is 0 Å². The molecular formula is C7H12N2O2. The van der Waals surface area contributed by atoms with E-state index in [-0.39, 0.29) is 17.7 Å². The van der Waals surface area contributed by atoms with Crippen LogP contribution >= 0.6 is 0 Å². The third-order valence-corrected chi connectivity index (χ3v) is 1.73. The fraction of sp³-hybridized carbons (Fsp3) is 0.714. The summed E-state index contributed by atoms with van der Waals surface area (Å²) >= 11 is 0. The number of likely N-dealkylation sites (N-methyl/N-ethyl adjacent to an activating group) is 1. The molecule has 1 atom stereocenters. The second kappa shape index (κ2) is 3.00. The van der Waals surface area contributed by atoms with Gasteiger partial charge in [-0.25, -0.2) is 0 Å². The van der Waals surface area contributed by atoms with Crippen LogP contribution in [0, 0.1) is 0 Å². The largest absolute Gasteiger partial charge is 0.344 e. The Morgan fingerprint density at radius 1 is 1.73 bits per heavy atom. The SMILES string of the molecule is CC(=O)[C@@H]1CN(C)CC(=O)N1. The number of carbonyl (C=O) groups excluding carboxylic acids is 2. The molecule has 0 aromatic rings. The smallest absolute Gasteiger partial charge is 0.234 e. The lowest BCUT2D eigenvalue weighted by molar-refractivity contribution is -0.130. The number of hydrogen-bond donors (Lipinski definition) is 1. The molecule has 1 rings (SSSR count). The van der Waals surface area contributed by atoms with Gasteiger partial charge in [-0.2, -0.15) is 0 Å². The molecule has 0 saturated carbocycles. The summed E-state index contributed by atoms with van der Waals surface area (Å²) < 4.78 is 0. The second-order valence-electron chi connectivity index (χ2n) is 2.93. The van der Waals surface area contributed by atoms with E-state index in [4.69, 9.17) is 0 Å². The van der Waals surface area contributed by atoms with Gasteiger partial charge in [-0.3, -0.25) is 14.5 Å². The van der Waals surface area contributed by atoms with Gasteiger partial charge in [0.1, 0.15) is 0 Å². The highest BCUT2D eigenvalue weighted by Crippen LogP contribution is 1.97. The molecule has 1 aliphatic heterocycles. The fourth-order valence-electron chi connectivity index (χ4n) is 1.14. The summed E-state index contributed by atoms with van der Waals surface area (Å²) in [7, 11) is 1.83. The molecule has 0 radical (unpaired) electrons. The highest BCUT2D eigenvalue weighted by atomic mass is 16.2. The molecule has 1 N–H and O–H groups in total. The normalized spacial score (nSPS) is 26.4. The number of rotatable bonds is 1. The monoisotopic (exact) mass is 156 g/mol. The van der Waals surface area contributed by atoms with E-state index in [0.717, 1.165) is 0 Å². The quantitative estimate of drug-likeness (QED) is 0.530. The van der Waals surface area contributed by atoms with Crippen LogP contribution in [0.25, 0.3) is 0 Å². The first kappa shape index (κ1) is 8.20. The van der Waals surface area contributed by atoms with Gasteiger partial charge in [0.05, 0.1) is 12.6 Å². The zero-order valence-corrected chi connectivity index (χ0v) is 6.76. The molecule has 1 saturated heterocycles. The van der Waals surface area contributed by atoms with Gasteiger partial charge >= 0.3 is 0 Å². The van der Waals surface area contributed by atoms with Gasteiger partial charge < -0.3 is 5.32 Å². The van der Waals surface area contributed by atoms with Gasteiger partial charge in [-0.05, 0) is 14.0 Å². The molecule has 11 heavy (non-hydrogen) atoms. The molecule has 0 aromatic carbocycles. The number of nitrogens with one attached hydrogen (secondary N) is 1. The Bertz CT molecular complexity index is 191. The Hall–Kier alpha value is -0.900. The third-order valence-electron chi connectivity index (χ3n) is 1.73. The molecule has 1 heterocycles. The lowest BCUT2D eigenvalue weighted by atomic mass is 10.1. The van der Waals surface area contributed by atoms with Crippen molar-refractivity contribution in [1.82, 2.24) is 10.2 Å². The van der Waals surface area contributed by atoms with Crippen molar-refractivity contribution in [2.24, 2.45) is 0 Å². The first-order valence-corrected chi connectivity index (χ1v) is 3.58. The lowest BCUT2D eigenvalue weighted by Crippen LogP contribution is -2.55. The van der Waals surface area contributed by atoms with Crippen molar-refractivity contribution in [3.63, 3.8) is 0 Å². The van der Waals surface area contributed by atoms with Crippen molar-refractivity contribution in [1.29, 1.82) is 0 Å². The summed E-state index contributed by atoms with van der Waals surface area (Å²) in [5, 5.41) is 2.62. The van der Waals surface area contributed by atoms with Crippen LogP contribution in [0.5, 0.6) is 0 Å². The van der Waals surface area contributed by atoms with Gasteiger partial charge in [-0.15, -0.1) is 0 Å². The van der Waals surface area contributed by atoms with Crippen LogP contribution < -0.4 is 5.32 Å². The molecular weight excluding hydrogens is 144 g/mol. The van der Waals surface area contributed by atoms with Crippen LogP contribution in [-0.2, 0) is 9.59 Å². The van der Waals surface area contributed by atoms with Crippen LogP contribution in [-0.4, -0.2) is 42.8 Å². The van der Waals surface area contributed by atoms with Crippen molar-refractivity contribution in [2.75, 3.05) is 20.1 Å². The topological polar surface area (TPSA) is 49.4 Å². The van der Waals surface area contributed by atoms with Crippen molar-refractivity contribution >= 4 is 11.7 Å². The Morgan fingerprint density at radius 3 is 2.82 bits per heavy atom. The number of hydrogen-bond acceptors (Lipinski definition) is 3. The van der Waals surface area contributed by atoms with E-state index in [1.807, 2.05) is 11.9 Å². The van der Waals surface area contributed by atoms with E-state index >= 15 is 0 Å².